The number of carbonyl (C=O) groups is 2. The average molecular weight is 543 g/mol. The fourth-order valence-electron chi connectivity index (χ4n) is 2.74. The highest BCUT2D eigenvalue weighted by Gasteiger charge is 2.18. The number of hydrogen-bond donors (Lipinski definition) is 1. The number of methoxy groups -OCH3 is 1. The number of ether oxygens (including phenoxy) is 3. The minimum absolute atomic E-state index is 0.0669. The Kier molecular flexibility index (Phi) is 9.02. The highest BCUT2D eigenvalue weighted by molar-refractivity contribution is 7.14. The van der Waals surface area contributed by atoms with Crippen molar-refractivity contribution in [2.24, 2.45) is 0 Å². The number of halogens is 4. The van der Waals surface area contributed by atoms with Crippen LogP contribution in [0.25, 0.3) is 17.3 Å². The van der Waals surface area contributed by atoms with Gasteiger partial charge in [0.1, 0.15) is 0 Å². The molecule has 1 heterocycles. The van der Waals surface area contributed by atoms with Gasteiger partial charge in [-0.25, -0.2) is 9.78 Å². The van der Waals surface area contributed by atoms with Crippen molar-refractivity contribution in [3.63, 3.8) is 0 Å². The van der Waals surface area contributed by atoms with Crippen LogP contribution in [0.5, 0.6) is 11.5 Å². The molecule has 35 heavy (non-hydrogen) atoms. The summed E-state index contributed by atoms with van der Waals surface area (Å²) >= 11 is 13.1. The van der Waals surface area contributed by atoms with Gasteiger partial charge in [0.25, 0.3) is 5.91 Å². The molecule has 3 aromatic rings. The molecule has 0 bridgehead atoms. The van der Waals surface area contributed by atoms with E-state index in [-0.39, 0.29) is 11.5 Å². The molecule has 2 aromatic carbocycles. The fraction of sp³-hybridized carbons (Fsp3) is 0.174. The number of carbonyl (C=O) groups excluding carboxylic acids is 2. The van der Waals surface area contributed by atoms with Crippen LogP contribution in [0.1, 0.15) is 12.5 Å². The molecule has 7 nitrogen and oxygen atoms in total. The van der Waals surface area contributed by atoms with Gasteiger partial charge in [-0.1, -0.05) is 35.3 Å². The third-order valence-corrected chi connectivity index (χ3v) is 5.92. The van der Waals surface area contributed by atoms with E-state index in [2.05, 4.69) is 15.0 Å². The molecular formula is C23H18Cl2F2N2O5S. The molecule has 1 atom stereocenters. The van der Waals surface area contributed by atoms with Crippen LogP contribution in [0.3, 0.4) is 0 Å². The van der Waals surface area contributed by atoms with Gasteiger partial charge in [-0.05, 0) is 42.8 Å². The first kappa shape index (κ1) is 26.4. The first-order valence-electron chi connectivity index (χ1n) is 9.89. The highest BCUT2D eigenvalue weighted by atomic mass is 35.5. The van der Waals surface area contributed by atoms with Crippen molar-refractivity contribution in [2.75, 3.05) is 12.4 Å². The number of rotatable bonds is 9. The summed E-state index contributed by atoms with van der Waals surface area (Å²) < 4.78 is 39.3. The summed E-state index contributed by atoms with van der Waals surface area (Å²) in [4.78, 5) is 28.8. The van der Waals surface area contributed by atoms with E-state index in [9.17, 15) is 18.4 Å². The van der Waals surface area contributed by atoms with Crippen molar-refractivity contribution in [3.8, 4) is 22.8 Å². The molecule has 1 N–H and O–H groups in total. The fourth-order valence-corrected chi connectivity index (χ4v) is 3.76. The number of anilines is 1. The number of thiazole rings is 1. The molecule has 0 radical (unpaired) electrons. The SMILES string of the molecule is COc1cc(/C=C/C(=O)OC(C)C(=O)Nc2nc(-c3ccc(Cl)c(Cl)c3)cs2)ccc1OC(F)F. The van der Waals surface area contributed by atoms with Gasteiger partial charge in [-0.3, -0.25) is 10.1 Å². The zero-order valence-electron chi connectivity index (χ0n) is 18.3. The second-order valence-electron chi connectivity index (χ2n) is 6.86. The van der Waals surface area contributed by atoms with E-state index >= 15 is 0 Å². The lowest BCUT2D eigenvalue weighted by atomic mass is 10.2. The molecule has 1 aromatic heterocycles. The van der Waals surface area contributed by atoms with E-state index in [0.717, 1.165) is 11.6 Å². The Morgan fingerprint density at radius 3 is 2.57 bits per heavy atom. The summed E-state index contributed by atoms with van der Waals surface area (Å²) in [6.07, 6.45) is 1.37. The van der Waals surface area contributed by atoms with E-state index in [0.29, 0.717) is 26.4 Å². The molecule has 0 aliphatic carbocycles. The zero-order chi connectivity index (χ0) is 25.5. The summed E-state index contributed by atoms with van der Waals surface area (Å²) in [5.74, 6) is -1.43. The van der Waals surface area contributed by atoms with Crippen molar-refractivity contribution in [1.82, 2.24) is 4.98 Å². The average Bonchev–Trinajstić information content (AvgIpc) is 3.28. The van der Waals surface area contributed by atoms with Gasteiger partial charge >= 0.3 is 12.6 Å². The number of alkyl halides is 2. The van der Waals surface area contributed by atoms with Gasteiger partial charge in [0.15, 0.2) is 22.7 Å². The topological polar surface area (TPSA) is 86.8 Å². The monoisotopic (exact) mass is 542 g/mol. The molecule has 0 saturated heterocycles. The Morgan fingerprint density at radius 2 is 1.89 bits per heavy atom. The van der Waals surface area contributed by atoms with Gasteiger partial charge in [0.05, 0.1) is 22.8 Å². The van der Waals surface area contributed by atoms with E-state index in [1.807, 2.05) is 0 Å². The maximum Gasteiger partial charge on any atom is 0.387 e. The number of hydrogen-bond acceptors (Lipinski definition) is 7. The minimum Gasteiger partial charge on any atom is -0.493 e. The van der Waals surface area contributed by atoms with Crippen molar-refractivity contribution in [1.29, 1.82) is 0 Å². The van der Waals surface area contributed by atoms with Gasteiger partial charge in [0, 0.05) is 17.0 Å². The normalized spacial score (nSPS) is 12.0. The first-order chi connectivity index (χ1) is 16.7. The second-order valence-corrected chi connectivity index (χ2v) is 8.53. The smallest absolute Gasteiger partial charge is 0.387 e. The molecule has 0 spiro atoms. The Labute approximate surface area is 213 Å². The predicted octanol–water partition coefficient (Wildman–Crippen LogP) is 6.31. The molecule has 184 valence electrons. The molecule has 0 fully saturated rings. The molecule has 0 aliphatic rings. The molecule has 1 amide bonds. The minimum atomic E-state index is -3.00. The largest absolute Gasteiger partial charge is 0.493 e. The predicted molar refractivity (Wildman–Crippen MR) is 130 cm³/mol. The van der Waals surface area contributed by atoms with Crippen LogP contribution in [0.15, 0.2) is 47.9 Å². The summed E-state index contributed by atoms with van der Waals surface area (Å²) in [6.45, 7) is -1.59. The van der Waals surface area contributed by atoms with Crippen LogP contribution in [-0.2, 0) is 14.3 Å². The Bertz CT molecular complexity index is 1250. The van der Waals surface area contributed by atoms with Crippen LogP contribution in [0, 0.1) is 0 Å². The van der Waals surface area contributed by atoms with Gasteiger partial charge < -0.3 is 14.2 Å². The van der Waals surface area contributed by atoms with E-state index in [1.54, 1.807) is 23.6 Å². The lowest BCUT2D eigenvalue weighted by Crippen LogP contribution is -2.29. The number of esters is 1. The standard InChI is InChI=1S/C23H18Cl2F2N2O5S/c1-12(21(31)29-23-28-17(11-35-23)14-5-6-15(24)16(25)10-14)33-20(30)8-4-13-3-7-18(34-22(26)27)19(9-13)32-2/h3-12,22H,1-2H3,(H,28,29,31)/b8-4+. The molecule has 0 saturated carbocycles. The van der Waals surface area contributed by atoms with Crippen molar-refractivity contribution in [3.05, 3.63) is 63.5 Å². The molecule has 0 aliphatic heterocycles. The van der Waals surface area contributed by atoms with E-state index < -0.39 is 24.6 Å². The quantitative estimate of drug-likeness (QED) is 0.252. The number of amides is 1. The Hall–Kier alpha value is -3.21. The Balaban J connectivity index is 1.57. The third-order valence-electron chi connectivity index (χ3n) is 4.43. The maximum atomic E-state index is 12.4. The Morgan fingerprint density at radius 1 is 1.11 bits per heavy atom. The van der Waals surface area contributed by atoms with Gasteiger partial charge in [-0.2, -0.15) is 8.78 Å². The third kappa shape index (κ3) is 7.38. The van der Waals surface area contributed by atoms with Crippen molar-refractivity contribution >= 4 is 57.6 Å². The lowest BCUT2D eigenvalue weighted by molar-refractivity contribution is -0.148. The number of benzene rings is 2. The highest BCUT2D eigenvalue weighted by Crippen LogP contribution is 2.31. The second kappa shape index (κ2) is 12.0. The van der Waals surface area contributed by atoms with Crippen molar-refractivity contribution in [2.45, 2.75) is 19.6 Å². The number of aromatic nitrogens is 1. The maximum absolute atomic E-state index is 12.4. The molecule has 12 heteroatoms. The summed E-state index contributed by atoms with van der Waals surface area (Å²) in [5, 5.41) is 5.44. The number of nitrogens with zero attached hydrogens (tertiary/aromatic N) is 1. The van der Waals surface area contributed by atoms with Crippen LogP contribution < -0.4 is 14.8 Å². The first-order valence-corrected chi connectivity index (χ1v) is 11.5. The van der Waals surface area contributed by atoms with Crippen LogP contribution >= 0.6 is 34.5 Å². The molecule has 1 unspecified atom stereocenters. The van der Waals surface area contributed by atoms with Crippen LogP contribution in [0.4, 0.5) is 13.9 Å². The van der Waals surface area contributed by atoms with Crippen LogP contribution in [-0.4, -0.2) is 36.7 Å². The summed E-state index contributed by atoms with van der Waals surface area (Å²) in [7, 11) is 1.30. The summed E-state index contributed by atoms with van der Waals surface area (Å²) in [5.41, 5.74) is 1.79. The van der Waals surface area contributed by atoms with Crippen LogP contribution in [0.2, 0.25) is 10.0 Å². The van der Waals surface area contributed by atoms with Gasteiger partial charge in [-0.15, -0.1) is 11.3 Å². The zero-order valence-corrected chi connectivity index (χ0v) is 20.6. The van der Waals surface area contributed by atoms with E-state index in [4.69, 9.17) is 32.7 Å². The van der Waals surface area contributed by atoms with E-state index in [1.165, 1.54) is 49.6 Å². The lowest BCUT2D eigenvalue weighted by Gasteiger charge is -2.11. The van der Waals surface area contributed by atoms with Gasteiger partial charge in [0.2, 0.25) is 0 Å². The molecular weight excluding hydrogens is 525 g/mol. The summed E-state index contributed by atoms with van der Waals surface area (Å²) in [6, 6.07) is 9.20. The molecule has 3 rings (SSSR count). The van der Waals surface area contributed by atoms with Crippen molar-refractivity contribution < 1.29 is 32.6 Å². The number of nitrogens with one attached hydrogen (secondary N) is 1.